The fourth-order valence-electron chi connectivity index (χ4n) is 1.35. The van der Waals surface area contributed by atoms with Gasteiger partial charge in [0.05, 0.1) is 7.11 Å². The van der Waals surface area contributed by atoms with Gasteiger partial charge in [-0.1, -0.05) is 32.1 Å². The Morgan fingerprint density at radius 3 is 2.35 bits per heavy atom. The Labute approximate surface area is 122 Å². The van der Waals surface area contributed by atoms with Crippen LogP contribution < -0.4 is 14.8 Å². The van der Waals surface area contributed by atoms with Crippen LogP contribution in [-0.2, 0) is 0 Å². The van der Waals surface area contributed by atoms with Crippen molar-refractivity contribution in [2.24, 2.45) is 0 Å². The first-order valence-electron chi connectivity index (χ1n) is 6.79. The molecule has 4 nitrogen and oxygen atoms in total. The highest BCUT2D eigenvalue weighted by Gasteiger charge is 2.08. The van der Waals surface area contributed by atoms with E-state index in [1.165, 1.54) is 0 Å². The molecule has 1 rings (SSSR count). The maximum Gasteiger partial charge on any atom is 0.161 e. The molecule has 1 unspecified atom stereocenters. The minimum Gasteiger partial charge on any atom is -0.493 e. The summed E-state index contributed by atoms with van der Waals surface area (Å²) in [5, 5.41) is 12.8. The van der Waals surface area contributed by atoms with Crippen LogP contribution in [0.15, 0.2) is 36.9 Å². The molecule has 0 aliphatic rings. The first-order valence-corrected chi connectivity index (χ1v) is 6.79. The first kappa shape index (κ1) is 18.5. The fourth-order valence-corrected chi connectivity index (χ4v) is 1.35. The largest absolute Gasteiger partial charge is 0.493 e. The Balaban J connectivity index is 0.00000110. The Kier molecular flexibility index (Phi) is 10.5. The number of aliphatic hydroxyl groups is 1. The van der Waals surface area contributed by atoms with Crippen LogP contribution in [0.25, 0.3) is 0 Å². The molecule has 0 radical (unpaired) electrons. The van der Waals surface area contributed by atoms with E-state index in [1.54, 1.807) is 13.2 Å². The predicted molar refractivity (Wildman–Crippen MR) is 83.5 cm³/mol. The van der Waals surface area contributed by atoms with Crippen LogP contribution in [0, 0.1) is 0 Å². The predicted octanol–water partition coefficient (Wildman–Crippen LogP) is 2.63. The van der Waals surface area contributed by atoms with Crippen molar-refractivity contribution < 1.29 is 14.6 Å². The minimum absolute atomic E-state index is 0.250. The third kappa shape index (κ3) is 8.56. The van der Waals surface area contributed by atoms with Gasteiger partial charge in [0.25, 0.3) is 0 Å². The second kappa shape index (κ2) is 11.3. The van der Waals surface area contributed by atoms with E-state index >= 15 is 0 Å². The molecule has 0 aliphatic heterocycles. The summed E-state index contributed by atoms with van der Waals surface area (Å²) in [7, 11) is 1.60. The summed E-state index contributed by atoms with van der Waals surface area (Å²) in [6, 6.07) is 7.75. The highest BCUT2D eigenvalue weighted by molar-refractivity contribution is 5.39. The van der Waals surface area contributed by atoms with Crippen LogP contribution in [0.2, 0.25) is 0 Å². The van der Waals surface area contributed by atoms with Crippen LogP contribution in [0.3, 0.4) is 0 Å². The van der Waals surface area contributed by atoms with Crippen molar-refractivity contribution in [3.8, 4) is 11.5 Å². The topological polar surface area (TPSA) is 50.7 Å². The number of hydrogen-bond donors (Lipinski definition) is 2. The van der Waals surface area contributed by atoms with E-state index in [0.29, 0.717) is 24.1 Å². The first-order chi connectivity index (χ1) is 9.54. The molecular formula is C16H27NO3. The van der Waals surface area contributed by atoms with Crippen molar-refractivity contribution in [3.63, 3.8) is 0 Å². The van der Waals surface area contributed by atoms with Gasteiger partial charge >= 0.3 is 0 Å². The lowest BCUT2D eigenvalue weighted by atomic mass is 10.3. The zero-order valence-electron chi connectivity index (χ0n) is 12.9. The summed E-state index contributed by atoms with van der Waals surface area (Å²) in [6.07, 6.45) is 1.22. The molecule has 0 amide bonds. The fraction of sp³-hybridized carbons (Fsp3) is 0.500. The van der Waals surface area contributed by atoms with Gasteiger partial charge < -0.3 is 19.9 Å². The van der Waals surface area contributed by atoms with E-state index in [2.05, 4.69) is 11.9 Å². The van der Waals surface area contributed by atoms with Crippen LogP contribution in [0.5, 0.6) is 11.5 Å². The number of rotatable bonds is 7. The van der Waals surface area contributed by atoms with E-state index in [1.807, 2.05) is 45.0 Å². The molecule has 1 atom stereocenters. The molecule has 0 fully saturated rings. The van der Waals surface area contributed by atoms with Gasteiger partial charge in [0.15, 0.2) is 11.5 Å². The van der Waals surface area contributed by atoms with Gasteiger partial charge in [0.1, 0.15) is 12.7 Å². The van der Waals surface area contributed by atoms with E-state index in [4.69, 9.17) is 9.47 Å². The number of aliphatic hydroxyl groups excluding tert-OH is 1. The Hall–Kier alpha value is -1.52. The van der Waals surface area contributed by atoms with Crippen molar-refractivity contribution >= 4 is 0 Å². The molecule has 4 heteroatoms. The average Bonchev–Trinajstić information content (AvgIpc) is 2.44. The van der Waals surface area contributed by atoms with Crippen LogP contribution >= 0.6 is 0 Å². The molecule has 0 spiro atoms. The minimum atomic E-state index is -0.526. The molecule has 0 aliphatic carbocycles. The molecule has 0 bridgehead atoms. The van der Waals surface area contributed by atoms with E-state index < -0.39 is 6.10 Å². The maximum atomic E-state index is 9.69. The van der Waals surface area contributed by atoms with Crippen molar-refractivity contribution in [1.29, 1.82) is 0 Å². The lowest BCUT2D eigenvalue weighted by molar-refractivity contribution is 0.103. The normalized spacial score (nSPS) is 11.3. The molecule has 114 valence electrons. The summed E-state index contributed by atoms with van der Waals surface area (Å²) < 4.78 is 10.7. The van der Waals surface area contributed by atoms with Gasteiger partial charge in [0, 0.05) is 12.6 Å². The number of benzene rings is 1. The lowest BCUT2D eigenvalue weighted by Gasteiger charge is -2.16. The molecule has 0 aromatic heterocycles. The molecule has 0 heterocycles. The molecule has 20 heavy (non-hydrogen) atoms. The summed E-state index contributed by atoms with van der Waals surface area (Å²) in [4.78, 5) is 0. The summed E-state index contributed by atoms with van der Waals surface area (Å²) in [6.45, 7) is 10.1. The van der Waals surface area contributed by atoms with E-state index in [0.717, 1.165) is 0 Å². The SMILES string of the molecule is C=CC.COc1ccccc1OCC(O)CNC(C)C. The van der Waals surface area contributed by atoms with Gasteiger partial charge in [-0.2, -0.15) is 0 Å². The van der Waals surface area contributed by atoms with Crippen LogP contribution in [-0.4, -0.2) is 37.5 Å². The summed E-state index contributed by atoms with van der Waals surface area (Å²) in [5.41, 5.74) is 0. The average molecular weight is 281 g/mol. The molecule has 1 aromatic carbocycles. The van der Waals surface area contributed by atoms with Gasteiger partial charge in [-0.15, -0.1) is 6.58 Å². The zero-order valence-corrected chi connectivity index (χ0v) is 12.9. The third-order valence-electron chi connectivity index (χ3n) is 2.26. The molecule has 2 N–H and O–H groups in total. The quantitative estimate of drug-likeness (QED) is 0.754. The number of allylic oxidation sites excluding steroid dienone is 1. The van der Waals surface area contributed by atoms with Crippen LogP contribution in [0.1, 0.15) is 20.8 Å². The highest BCUT2D eigenvalue weighted by Crippen LogP contribution is 2.25. The monoisotopic (exact) mass is 281 g/mol. The number of methoxy groups -OCH3 is 1. The lowest BCUT2D eigenvalue weighted by Crippen LogP contribution is -2.35. The Morgan fingerprint density at radius 1 is 1.30 bits per heavy atom. The molecule has 0 saturated heterocycles. The van der Waals surface area contributed by atoms with Crippen LogP contribution in [0.4, 0.5) is 0 Å². The molecule has 1 aromatic rings. The standard InChI is InChI=1S/C13H21NO3.C3H6/c1-10(2)14-8-11(15)9-17-13-7-5-4-6-12(13)16-3;1-3-2/h4-7,10-11,14-15H,8-9H2,1-3H3;3H,1H2,2H3. The van der Waals surface area contributed by atoms with E-state index in [9.17, 15) is 5.11 Å². The van der Waals surface area contributed by atoms with Gasteiger partial charge in [-0.25, -0.2) is 0 Å². The van der Waals surface area contributed by atoms with Gasteiger partial charge in [-0.3, -0.25) is 0 Å². The Morgan fingerprint density at radius 2 is 1.85 bits per heavy atom. The highest BCUT2D eigenvalue weighted by atomic mass is 16.5. The van der Waals surface area contributed by atoms with Crippen molar-refractivity contribution in [1.82, 2.24) is 5.32 Å². The van der Waals surface area contributed by atoms with Gasteiger partial charge in [-0.05, 0) is 19.1 Å². The smallest absolute Gasteiger partial charge is 0.161 e. The maximum absolute atomic E-state index is 9.69. The second-order valence-electron chi connectivity index (χ2n) is 4.59. The third-order valence-corrected chi connectivity index (χ3v) is 2.26. The number of ether oxygens (including phenoxy) is 2. The second-order valence-corrected chi connectivity index (χ2v) is 4.59. The number of nitrogens with one attached hydrogen (secondary N) is 1. The van der Waals surface area contributed by atoms with Gasteiger partial charge in [0.2, 0.25) is 0 Å². The zero-order chi connectivity index (χ0) is 15.4. The van der Waals surface area contributed by atoms with Crippen molar-refractivity contribution in [2.45, 2.75) is 32.9 Å². The van der Waals surface area contributed by atoms with Crippen molar-refractivity contribution in [3.05, 3.63) is 36.9 Å². The summed E-state index contributed by atoms with van der Waals surface area (Å²) >= 11 is 0. The van der Waals surface area contributed by atoms with Crippen molar-refractivity contribution in [2.75, 3.05) is 20.3 Å². The Bertz CT molecular complexity index is 366. The summed E-state index contributed by atoms with van der Waals surface area (Å²) in [5.74, 6) is 1.33. The van der Waals surface area contributed by atoms with E-state index in [-0.39, 0.29) is 6.61 Å². The molecular weight excluding hydrogens is 254 g/mol. The number of para-hydroxylation sites is 2. The number of hydrogen-bond acceptors (Lipinski definition) is 4. The molecule has 0 saturated carbocycles.